The van der Waals surface area contributed by atoms with Crippen molar-refractivity contribution in [2.45, 2.75) is 51.6 Å². The van der Waals surface area contributed by atoms with Crippen molar-refractivity contribution in [1.82, 2.24) is 10.2 Å². The van der Waals surface area contributed by atoms with Gasteiger partial charge in [-0.1, -0.05) is 79.5 Å². The molecule has 0 spiro atoms. The second kappa shape index (κ2) is 17.1. The Morgan fingerprint density at radius 1 is 0.840 bits per heavy atom. The molecule has 0 heterocycles. The first-order valence-electron chi connectivity index (χ1n) is 16.1. The Bertz CT molecular complexity index is 1900. The van der Waals surface area contributed by atoms with E-state index in [1.807, 2.05) is 64.1 Å². The Kier molecular flexibility index (Phi) is 13.2. The zero-order valence-corrected chi connectivity index (χ0v) is 31.4. The summed E-state index contributed by atoms with van der Waals surface area (Å²) < 4.78 is 40.9. The lowest BCUT2D eigenvalue weighted by Crippen LogP contribution is -2.53. The van der Waals surface area contributed by atoms with Crippen LogP contribution in [0.1, 0.15) is 36.1 Å². The van der Waals surface area contributed by atoms with Gasteiger partial charge in [-0.2, -0.15) is 0 Å². The highest BCUT2D eigenvalue weighted by molar-refractivity contribution is 7.92. The first kappa shape index (κ1) is 38.6. The second-order valence-corrected chi connectivity index (χ2v) is 15.2. The smallest absolute Gasteiger partial charge is 0.264 e. The molecule has 0 bridgehead atoms. The molecule has 2 amide bonds. The highest BCUT2D eigenvalue weighted by Gasteiger charge is 2.35. The third-order valence-electron chi connectivity index (χ3n) is 8.03. The van der Waals surface area contributed by atoms with Crippen LogP contribution in [-0.2, 0) is 32.6 Å². The van der Waals surface area contributed by atoms with Crippen molar-refractivity contribution in [1.29, 1.82) is 0 Å². The van der Waals surface area contributed by atoms with Crippen LogP contribution in [0.5, 0.6) is 11.5 Å². The number of methoxy groups -OCH3 is 2. The lowest BCUT2D eigenvalue weighted by atomic mass is 10.0. The largest absolute Gasteiger partial charge is 0.493 e. The zero-order valence-electron chi connectivity index (χ0n) is 29.1. The van der Waals surface area contributed by atoms with Gasteiger partial charge in [0, 0.05) is 35.6 Å². The SMILES string of the molecule is COc1ccc(S(=O)(=O)N(CC(=O)N(Cc2ccc(Cl)cc2Cl)C(Cc2ccccc2)C(=O)NCC(C)C)c2cc(C)cc(C)c2)cc1OC. The predicted molar refractivity (Wildman–Crippen MR) is 199 cm³/mol. The van der Waals surface area contributed by atoms with E-state index in [9.17, 15) is 18.0 Å². The number of nitrogens with zero attached hydrogens (tertiary/aromatic N) is 2. The lowest BCUT2D eigenvalue weighted by Gasteiger charge is -2.34. The van der Waals surface area contributed by atoms with Gasteiger partial charge in [0.25, 0.3) is 10.0 Å². The molecule has 50 heavy (non-hydrogen) atoms. The van der Waals surface area contributed by atoms with E-state index >= 15 is 0 Å². The number of anilines is 1. The fourth-order valence-electron chi connectivity index (χ4n) is 5.54. The Morgan fingerprint density at radius 3 is 2.10 bits per heavy atom. The molecule has 4 aromatic rings. The van der Waals surface area contributed by atoms with E-state index in [-0.39, 0.29) is 35.4 Å². The number of benzene rings is 4. The Hall–Kier alpha value is -4.25. The van der Waals surface area contributed by atoms with E-state index in [0.717, 1.165) is 21.0 Å². The van der Waals surface area contributed by atoms with Crippen LogP contribution in [0.15, 0.2) is 89.8 Å². The van der Waals surface area contributed by atoms with Crippen LogP contribution in [0.2, 0.25) is 10.0 Å². The van der Waals surface area contributed by atoms with Crippen LogP contribution < -0.4 is 19.1 Å². The molecule has 1 unspecified atom stereocenters. The van der Waals surface area contributed by atoms with Gasteiger partial charge in [-0.05, 0) is 78.4 Å². The number of carbonyl (C=O) groups is 2. The van der Waals surface area contributed by atoms with Crippen molar-refractivity contribution >= 4 is 50.7 Å². The number of hydrogen-bond donors (Lipinski definition) is 1. The molecule has 9 nitrogen and oxygen atoms in total. The van der Waals surface area contributed by atoms with Crippen LogP contribution in [0.4, 0.5) is 5.69 Å². The normalized spacial score (nSPS) is 11.9. The minimum Gasteiger partial charge on any atom is -0.493 e. The molecule has 1 N–H and O–H groups in total. The van der Waals surface area contributed by atoms with Gasteiger partial charge >= 0.3 is 0 Å². The maximum Gasteiger partial charge on any atom is 0.264 e. The van der Waals surface area contributed by atoms with Crippen LogP contribution in [0.25, 0.3) is 0 Å². The average molecular weight is 741 g/mol. The summed E-state index contributed by atoms with van der Waals surface area (Å²) in [6.45, 7) is 7.34. The summed E-state index contributed by atoms with van der Waals surface area (Å²) in [7, 11) is -1.51. The molecule has 1 atom stereocenters. The minimum absolute atomic E-state index is 0.0848. The van der Waals surface area contributed by atoms with E-state index in [1.165, 1.54) is 37.3 Å². The molecule has 0 saturated carbocycles. The number of nitrogens with one attached hydrogen (secondary N) is 1. The van der Waals surface area contributed by atoms with Gasteiger partial charge < -0.3 is 19.7 Å². The minimum atomic E-state index is -4.38. The zero-order chi connectivity index (χ0) is 36.6. The number of amides is 2. The molecule has 0 aromatic heterocycles. The average Bonchev–Trinajstić information content (AvgIpc) is 3.07. The monoisotopic (exact) mass is 739 g/mol. The summed E-state index contributed by atoms with van der Waals surface area (Å²) >= 11 is 12.8. The molecule has 266 valence electrons. The second-order valence-electron chi connectivity index (χ2n) is 12.5. The molecule has 0 aliphatic carbocycles. The standard InChI is InChI=1S/C38H43Cl2N3O6S/c1-25(2)22-41-38(45)34(19-28-10-8-7-9-11-28)42(23-29-12-13-30(39)20-33(29)40)37(44)24-43(31-17-26(3)16-27(4)18-31)50(46,47)32-14-15-35(48-5)36(21-32)49-6/h7-18,20-21,25,34H,19,22-24H2,1-6H3,(H,41,45). The summed E-state index contributed by atoms with van der Waals surface area (Å²) in [4.78, 5) is 30.1. The molecule has 12 heteroatoms. The van der Waals surface area contributed by atoms with Crippen molar-refractivity contribution < 1.29 is 27.5 Å². The predicted octanol–water partition coefficient (Wildman–Crippen LogP) is 7.24. The first-order chi connectivity index (χ1) is 23.7. The number of carbonyl (C=O) groups excluding carboxylic acids is 2. The Balaban J connectivity index is 1.87. The van der Waals surface area contributed by atoms with Crippen molar-refractivity contribution in [2.75, 3.05) is 31.6 Å². The number of aryl methyl sites for hydroxylation is 2. The Labute approximate surface area is 305 Å². The Morgan fingerprint density at radius 2 is 1.50 bits per heavy atom. The summed E-state index contributed by atoms with van der Waals surface area (Å²) in [6.07, 6.45) is 0.174. The van der Waals surface area contributed by atoms with Gasteiger partial charge in [0.05, 0.1) is 24.8 Å². The fraction of sp³-hybridized carbons (Fsp3) is 0.316. The number of sulfonamides is 1. The maximum atomic E-state index is 14.8. The summed E-state index contributed by atoms with van der Waals surface area (Å²) in [6, 6.07) is 22.8. The van der Waals surface area contributed by atoms with Crippen molar-refractivity contribution in [3.8, 4) is 11.5 Å². The van der Waals surface area contributed by atoms with Gasteiger partial charge in [0.1, 0.15) is 12.6 Å². The summed E-state index contributed by atoms with van der Waals surface area (Å²) in [5.74, 6) is -0.272. The van der Waals surface area contributed by atoms with Gasteiger partial charge in [0.2, 0.25) is 11.8 Å². The molecule has 0 saturated heterocycles. The van der Waals surface area contributed by atoms with Crippen molar-refractivity contribution in [3.63, 3.8) is 0 Å². The van der Waals surface area contributed by atoms with Gasteiger partial charge in [0.15, 0.2) is 11.5 Å². The highest BCUT2D eigenvalue weighted by atomic mass is 35.5. The molecule has 0 aliphatic rings. The topological polar surface area (TPSA) is 105 Å². The molecular weight excluding hydrogens is 697 g/mol. The third-order valence-corrected chi connectivity index (χ3v) is 10.4. The highest BCUT2D eigenvalue weighted by Crippen LogP contribution is 2.33. The van der Waals surface area contributed by atoms with Crippen molar-refractivity contribution in [3.05, 3.63) is 117 Å². The van der Waals surface area contributed by atoms with Crippen LogP contribution >= 0.6 is 23.2 Å². The lowest BCUT2D eigenvalue weighted by molar-refractivity contribution is -0.140. The third kappa shape index (κ3) is 9.71. The number of hydrogen-bond acceptors (Lipinski definition) is 6. The number of rotatable bonds is 15. The van der Waals surface area contributed by atoms with E-state index in [0.29, 0.717) is 33.6 Å². The van der Waals surface area contributed by atoms with Crippen LogP contribution in [0.3, 0.4) is 0 Å². The van der Waals surface area contributed by atoms with Gasteiger partial charge in [-0.15, -0.1) is 0 Å². The first-order valence-corrected chi connectivity index (χ1v) is 18.3. The van der Waals surface area contributed by atoms with Crippen LogP contribution in [0, 0.1) is 19.8 Å². The number of ether oxygens (including phenoxy) is 2. The van der Waals surface area contributed by atoms with Crippen molar-refractivity contribution in [2.24, 2.45) is 5.92 Å². The molecule has 0 fully saturated rings. The number of halogens is 2. The quantitative estimate of drug-likeness (QED) is 0.138. The van der Waals surface area contributed by atoms with Gasteiger partial charge in [-0.3, -0.25) is 13.9 Å². The molecular formula is C38H43Cl2N3O6S. The molecule has 4 aromatic carbocycles. The van der Waals surface area contributed by atoms with E-state index in [4.69, 9.17) is 32.7 Å². The molecule has 4 rings (SSSR count). The fourth-order valence-corrected chi connectivity index (χ4v) is 7.42. The van der Waals surface area contributed by atoms with E-state index in [2.05, 4.69) is 5.32 Å². The van der Waals surface area contributed by atoms with Crippen LogP contribution in [-0.4, -0.2) is 58.5 Å². The van der Waals surface area contributed by atoms with E-state index in [1.54, 1.807) is 30.3 Å². The summed E-state index contributed by atoms with van der Waals surface area (Å²) in [5.41, 5.74) is 3.26. The van der Waals surface area contributed by atoms with E-state index < -0.39 is 28.5 Å². The van der Waals surface area contributed by atoms with Gasteiger partial charge in [-0.25, -0.2) is 8.42 Å². The molecule has 0 radical (unpaired) electrons. The maximum absolute atomic E-state index is 14.8. The molecule has 0 aliphatic heterocycles. The summed E-state index contributed by atoms with van der Waals surface area (Å²) in [5, 5.41) is 3.70.